The van der Waals surface area contributed by atoms with Crippen LogP contribution in [-0.2, 0) is 11.3 Å². The average molecular weight is 211 g/mol. The molecule has 0 bridgehead atoms. The molecule has 82 valence electrons. The van der Waals surface area contributed by atoms with E-state index in [1.807, 2.05) is 0 Å². The van der Waals surface area contributed by atoms with Crippen molar-refractivity contribution in [1.82, 2.24) is 5.32 Å². The van der Waals surface area contributed by atoms with Crippen LogP contribution < -0.4 is 5.32 Å². The number of rotatable bonds is 5. The number of aryl methyl sites for hydroxylation is 1. The summed E-state index contributed by atoms with van der Waals surface area (Å²) < 4.78 is 12.9. The van der Waals surface area contributed by atoms with E-state index < -0.39 is 5.97 Å². The standard InChI is InChI=1S/C11H14FNO2/c1-8-6-9(2-3-10(8)12)7-13-5-4-11(14)15/h2-3,6,13H,4-5,7H2,1H3,(H,14,15). The van der Waals surface area contributed by atoms with E-state index >= 15 is 0 Å². The van der Waals surface area contributed by atoms with Gasteiger partial charge in [-0.1, -0.05) is 12.1 Å². The van der Waals surface area contributed by atoms with E-state index in [-0.39, 0.29) is 12.2 Å². The van der Waals surface area contributed by atoms with Gasteiger partial charge >= 0.3 is 5.97 Å². The topological polar surface area (TPSA) is 49.3 Å². The maximum atomic E-state index is 12.9. The van der Waals surface area contributed by atoms with Crippen LogP contribution in [0.3, 0.4) is 0 Å². The van der Waals surface area contributed by atoms with Crippen LogP contribution in [-0.4, -0.2) is 17.6 Å². The molecule has 0 unspecified atom stereocenters. The molecule has 0 radical (unpaired) electrons. The number of halogens is 1. The van der Waals surface area contributed by atoms with Gasteiger partial charge in [-0.25, -0.2) is 4.39 Å². The van der Waals surface area contributed by atoms with Crippen molar-refractivity contribution in [3.63, 3.8) is 0 Å². The van der Waals surface area contributed by atoms with Crippen LogP contribution in [0, 0.1) is 12.7 Å². The van der Waals surface area contributed by atoms with Gasteiger partial charge in [0, 0.05) is 13.1 Å². The predicted octanol–water partition coefficient (Wildman–Crippen LogP) is 1.70. The van der Waals surface area contributed by atoms with Crippen LogP contribution in [0.1, 0.15) is 17.5 Å². The Morgan fingerprint density at radius 2 is 2.27 bits per heavy atom. The Bertz CT molecular complexity index is 352. The molecule has 2 N–H and O–H groups in total. The summed E-state index contributed by atoms with van der Waals surface area (Å²) in [5.74, 6) is -1.04. The smallest absolute Gasteiger partial charge is 0.304 e. The van der Waals surface area contributed by atoms with Gasteiger partial charge in [-0.15, -0.1) is 0 Å². The van der Waals surface area contributed by atoms with Gasteiger partial charge < -0.3 is 10.4 Å². The zero-order chi connectivity index (χ0) is 11.3. The van der Waals surface area contributed by atoms with Crippen LogP contribution in [0.25, 0.3) is 0 Å². The molecule has 1 aromatic rings. The summed E-state index contributed by atoms with van der Waals surface area (Å²) in [6.07, 6.45) is 0.0974. The Balaban J connectivity index is 2.38. The number of carboxylic acids is 1. The molecule has 0 atom stereocenters. The maximum absolute atomic E-state index is 12.9. The van der Waals surface area contributed by atoms with Crippen LogP contribution >= 0.6 is 0 Å². The van der Waals surface area contributed by atoms with Gasteiger partial charge in [0.15, 0.2) is 0 Å². The van der Waals surface area contributed by atoms with Gasteiger partial charge in [0.25, 0.3) is 0 Å². The third-order valence-corrected chi connectivity index (χ3v) is 2.07. The summed E-state index contributed by atoms with van der Waals surface area (Å²) in [7, 11) is 0. The molecule has 3 nitrogen and oxygen atoms in total. The zero-order valence-corrected chi connectivity index (χ0v) is 8.59. The molecule has 0 aromatic heterocycles. The summed E-state index contributed by atoms with van der Waals surface area (Å²) in [4.78, 5) is 10.2. The van der Waals surface area contributed by atoms with Gasteiger partial charge in [-0.2, -0.15) is 0 Å². The second-order valence-electron chi connectivity index (χ2n) is 3.40. The highest BCUT2D eigenvalue weighted by atomic mass is 19.1. The van der Waals surface area contributed by atoms with Crippen molar-refractivity contribution >= 4 is 5.97 Å². The Morgan fingerprint density at radius 3 is 2.87 bits per heavy atom. The van der Waals surface area contributed by atoms with Gasteiger partial charge in [0.2, 0.25) is 0 Å². The third kappa shape index (κ3) is 4.08. The fourth-order valence-corrected chi connectivity index (χ4v) is 1.24. The number of carbonyl (C=O) groups is 1. The van der Waals surface area contributed by atoms with E-state index in [0.29, 0.717) is 18.7 Å². The lowest BCUT2D eigenvalue weighted by molar-refractivity contribution is -0.136. The van der Waals surface area contributed by atoms with Crippen LogP contribution in [0.2, 0.25) is 0 Å². The van der Waals surface area contributed by atoms with E-state index in [0.717, 1.165) is 5.56 Å². The van der Waals surface area contributed by atoms with E-state index in [1.165, 1.54) is 6.07 Å². The van der Waals surface area contributed by atoms with Gasteiger partial charge in [-0.3, -0.25) is 4.79 Å². The number of carboxylic acid groups (broad SMARTS) is 1. The molecule has 0 saturated carbocycles. The van der Waals surface area contributed by atoms with Crippen molar-refractivity contribution in [3.8, 4) is 0 Å². The van der Waals surface area contributed by atoms with Crippen molar-refractivity contribution in [2.24, 2.45) is 0 Å². The number of aliphatic carboxylic acids is 1. The molecule has 0 spiro atoms. The highest BCUT2D eigenvalue weighted by molar-refractivity contribution is 5.66. The van der Waals surface area contributed by atoms with E-state index in [2.05, 4.69) is 5.32 Å². The minimum absolute atomic E-state index is 0.0974. The third-order valence-electron chi connectivity index (χ3n) is 2.07. The van der Waals surface area contributed by atoms with Crippen molar-refractivity contribution in [1.29, 1.82) is 0 Å². The largest absolute Gasteiger partial charge is 0.481 e. The maximum Gasteiger partial charge on any atom is 0.304 e. The van der Waals surface area contributed by atoms with E-state index in [1.54, 1.807) is 19.1 Å². The molecule has 15 heavy (non-hydrogen) atoms. The molecule has 0 aliphatic carbocycles. The fraction of sp³-hybridized carbons (Fsp3) is 0.364. The summed E-state index contributed by atoms with van der Waals surface area (Å²) >= 11 is 0. The fourth-order valence-electron chi connectivity index (χ4n) is 1.24. The molecule has 1 aromatic carbocycles. The molecular formula is C11H14FNO2. The molecule has 4 heteroatoms. The summed E-state index contributed by atoms with van der Waals surface area (Å²) in [5.41, 5.74) is 1.56. The molecule has 0 fully saturated rings. The van der Waals surface area contributed by atoms with Crippen molar-refractivity contribution in [2.75, 3.05) is 6.54 Å². The Morgan fingerprint density at radius 1 is 1.53 bits per heavy atom. The lowest BCUT2D eigenvalue weighted by Crippen LogP contribution is -2.17. The van der Waals surface area contributed by atoms with Crippen molar-refractivity contribution in [3.05, 3.63) is 35.1 Å². The molecule has 0 saturated heterocycles. The minimum atomic E-state index is -0.821. The molecule has 0 aliphatic rings. The zero-order valence-electron chi connectivity index (χ0n) is 8.59. The Hall–Kier alpha value is -1.42. The number of benzene rings is 1. The lowest BCUT2D eigenvalue weighted by Gasteiger charge is -2.04. The predicted molar refractivity (Wildman–Crippen MR) is 55.1 cm³/mol. The van der Waals surface area contributed by atoms with E-state index in [4.69, 9.17) is 5.11 Å². The summed E-state index contributed by atoms with van der Waals surface area (Å²) in [6.45, 7) is 2.69. The van der Waals surface area contributed by atoms with Crippen LogP contribution in [0.15, 0.2) is 18.2 Å². The normalized spacial score (nSPS) is 10.3. The first-order chi connectivity index (χ1) is 7.09. The van der Waals surface area contributed by atoms with Gasteiger partial charge in [0.1, 0.15) is 5.82 Å². The highest BCUT2D eigenvalue weighted by Crippen LogP contribution is 2.08. The number of hydrogen-bond donors (Lipinski definition) is 2. The first kappa shape index (κ1) is 11.7. The second kappa shape index (κ2) is 5.46. The average Bonchev–Trinajstić information content (AvgIpc) is 2.18. The first-order valence-electron chi connectivity index (χ1n) is 4.77. The monoisotopic (exact) mass is 211 g/mol. The molecular weight excluding hydrogens is 197 g/mol. The minimum Gasteiger partial charge on any atom is -0.481 e. The number of nitrogens with one attached hydrogen (secondary N) is 1. The highest BCUT2D eigenvalue weighted by Gasteiger charge is 1.99. The quantitative estimate of drug-likeness (QED) is 0.729. The molecule has 0 amide bonds. The lowest BCUT2D eigenvalue weighted by atomic mass is 10.1. The van der Waals surface area contributed by atoms with Gasteiger partial charge in [0.05, 0.1) is 6.42 Å². The number of hydrogen-bond acceptors (Lipinski definition) is 2. The Kier molecular flexibility index (Phi) is 4.24. The second-order valence-corrected chi connectivity index (χ2v) is 3.40. The van der Waals surface area contributed by atoms with Crippen LogP contribution in [0.5, 0.6) is 0 Å². The van der Waals surface area contributed by atoms with E-state index in [9.17, 15) is 9.18 Å². The molecule has 1 rings (SSSR count). The van der Waals surface area contributed by atoms with Crippen molar-refractivity contribution < 1.29 is 14.3 Å². The SMILES string of the molecule is Cc1cc(CNCCC(=O)O)ccc1F. The van der Waals surface area contributed by atoms with Crippen LogP contribution in [0.4, 0.5) is 4.39 Å². The molecule has 0 aliphatic heterocycles. The summed E-state index contributed by atoms with van der Waals surface area (Å²) in [6, 6.07) is 4.86. The summed E-state index contributed by atoms with van der Waals surface area (Å²) in [5, 5.41) is 11.4. The van der Waals surface area contributed by atoms with Crippen molar-refractivity contribution in [2.45, 2.75) is 19.9 Å². The van der Waals surface area contributed by atoms with Gasteiger partial charge in [-0.05, 0) is 24.1 Å². The molecule has 0 heterocycles. The first-order valence-corrected chi connectivity index (χ1v) is 4.77. The Labute approximate surface area is 87.9 Å².